The third kappa shape index (κ3) is 3.18. The molecular formula is C16H18ClN3O3. The minimum absolute atomic E-state index is 0.247. The van der Waals surface area contributed by atoms with Gasteiger partial charge in [0.25, 0.3) is 5.91 Å². The van der Waals surface area contributed by atoms with Crippen molar-refractivity contribution in [2.75, 3.05) is 7.11 Å². The molecule has 0 bridgehead atoms. The average Bonchev–Trinajstić information content (AvgIpc) is 3.10. The molecule has 0 spiro atoms. The fourth-order valence-electron chi connectivity index (χ4n) is 3.07. The van der Waals surface area contributed by atoms with E-state index in [1.54, 1.807) is 18.2 Å². The van der Waals surface area contributed by atoms with Crippen LogP contribution in [-0.4, -0.2) is 36.1 Å². The second-order valence-corrected chi connectivity index (χ2v) is 6.29. The summed E-state index contributed by atoms with van der Waals surface area (Å²) in [6, 6.07) is 6.61. The zero-order chi connectivity index (χ0) is 16.6. The molecule has 1 amide bonds. The number of aromatic nitrogens is 1. The number of fused-ring (bicyclic) bond motifs is 1. The lowest BCUT2D eigenvalue weighted by Crippen LogP contribution is -2.44. The van der Waals surface area contributed by atoms with Crippen molar-refractivity contribution in [2.45, 2.75) is 24.9 Å². The van der Waals surface area contributed by atoms with Gasteiger partial charge in [0.2, 0.25) is 0 Å². The first-order valence-electron chi connectivity index (χ1n) is 7.40. The standard InChI is InChI=1S/C16H18ClN3O3/c1-23-16(22)9-5-11(18)13(7-9)20-15(21)14-6-8-4-10(17)2-3-12(8)19-14/h2-4,6,9,11,13,19H,5,7,18H2,1H3,(H,20,21)/t9?,11-,13?/m1/s1. The van der Waals surface area contributed by atoms with Crippen LogP contribution in [0.1, 0.15) is 23.3 Å². The lowest BCUT2D eigenvalue weighted by Gasteiger charge is -2.16. The van der Waals surface area contributed by atoms with Crippen LogP contribution in [0.5, 0.6) is 0 Å². The summed E-state index contributed by atoms with van der Waals surface area (Å²) in [5.41, 5.74) is 7.31. The van der Waals surface area contributed by atoms with E-state index in [2.05, 4.69) is 10.3 Å². The smallest absolute Gasteiger partial charge is 0.308 e. The Morgan fingerprint density at radius 1 is 1.35 bits per heavy atom. The first kappa shape index (κ1) is 15.8. The van der Waals surface area contributed by atoms with E-state index < -0.39 is 0 Å². The highest BCUT2D eigenvalue weighted by molar-refractivity contribution is 6.31. The maximum absolute atomic E-state index is 12.4. The molecule has 4 N–H and O–H groups in total. The van der Waals surface area contributed by atoms with Crippen LogP contribution in [0.3, 0.4) is 0 Å². The summed E-state index contributed by atoms with van der Waals surface area (Å²) in [5, 5.41) is 4.37. The molecule has 1 aromatic carbocycles. The number of carbonyl (C=O) groups excluding carboxylic acids is 2. The first-order chi connectivity index (χ1) is 11.0. The minimum Gasteiger partial charge on any atom is -0.469 e. The van der Waals surface area contributed by atoms with Crippen LogP contribution >= 0.6 is 11.6 Å². The Labute approximate surface area is 138 Å². The van der Waals surface area contributed by atoms with Crippen molar-refractivity contribution in [3.63, 3.8) is 0 Å². The van der Waals surface area contributed by atoms with Gasteiger partial charge >= 0.3 is 5.97 Å². The number of nitrogens with two attached hydrogens (primary N) is 1. The van der Waals surface area contributed by atoms with Crippen LogP contribution in [0.2, 0.25) is 5.02 Å². The predicted octanol–water partition coefficient (Wildman–Crippen LogP) is 1.83. The van der Waals surface area contributed by atoms with Crippen molar-refractivity contribution in [2.24, 2.45) is 11.7 Å². The van der Waals surface area contributed by atoms with E-state index in [-0.39, 0.29) is 29.9 Å². The molecule has 122 valence electrons. The van der Waals surface area contributed by atoms with Gasteiger partial charge in [0.05, 0.1) is 13.0 Å². The highest BCUT2D eigenvalue weighted by Crippen LogP contribution is 2.26. The van der Waals surface area contributed by atoms with E-state index in [4.69, 9.17) is 22.1 Å². The Hall–Kier alpha value is -2.05. The lowest BCUT2D eigenvalue weighted by molar-refractivity contribution is -0.145. The Bertz CT molecular complexity index is 758. The molecule has 3 rings (SSSR count). The van der Waals surface area contributed by atoms with Crippen molar-refractivity contribution in [1.29, 1.82) is 0 Å². The SMILES string of the molecule is COC(=O)C1CC(NC(=O)c2cc3cc(Cl)ccc3[nH]2)[C@H](N)C1. The highest BCUT2D eigenvalue weighted by atomic mass is 35.5. The van der Waals surface area contributed by atoms with E-state index in [1.807, 2.05) is 6.07 Å². The van der Waals surface area contributed by atoms with Crippen LogP contribution in [0.15, 0.2) is 24.3 Å². The molecule has 3 atom stereocenters. The van der Waals surface area contributed by atoms with Crippen LogP contribution in [0.25, 0.3) is 10.9 Å². The molecule has 1 aromatic heterocycles. The van der Waals surface area contributed by atoms with Gasteiger partial charge in [-0.1, -0.05) is 11.6 Å². The van der Waals surface area contributed by atoms with Gasteiger partial charge in [0.15, 0.2) is 0 Å². The number of amides is 1. The molecule has 1 saturated carbocycles. The van der Waals surface area contributed by atoms with Crippen molar-refractivity contribution >= 4 is 34.4 Å². The first-order valence-corrected chi connectivity index (χ1v) is 7.78. The number of ether oxygens (including phenoxy) is 1. The van der Waals surface area contributed by atoms with Crippen LogP contribution < -0.4 is 11.1 Å². The van der Waals surface area contributed by atoms with Crippen molar-refractivity contribution in [3.8, 4) is 0 Å². The molecule has 23 heavy (non-hydrogen) atoms. The van der Waals surface area contributed by atoms with Crippen molar-refractivity contribution < 1.29 is 14.3 Å². The molecule has 6 nitrogen and oxygen atoms in total. The van der Waals surface area contributed by atoms with Crippen molar-refractivity contribution in [3.05, 3.63) is 35.0 Å². The summed E-state index contributed by atoms with van der Waals surface area (Å²) in [4.78, 5) is 27.1. The van der Waals surface area contributed by atoms with E-state index >= 15 is 0 Å². The second-order valence-electron chi connectivity index (χ2n) is 5.85. The summed E-state index contributed by atoms with van der Waals surface area (Å²) < 4.78 is 4.75. The largest absolute Gasteiger partial charge is 0.469 e. The van der Waals surface area contributed by atoms with E-state index in [1.165, 1.54) is 7.11 Å². The summed E-state index contributed by atoms with van der Waals surface area (Å²) in [5.74, 6) is -0.789. The summed E-state index contributed by atoms with van der Waals surface area (Å²) in [7, 11) is 1.36. The molecule has 1 heterocycles. The molecule has 1 aliphatic rings. The Balaban J connectivity index is 1.72. The number of H-pyrrole nitrogens is 1. The number of benzene rings is 1. The van der Waals surface area contributed by atoms with Crippen molar-refractivity contribution in [1.82, 2.24) is 10.3 Å². The molecule has 7 heteroatoms. The number of carbonyl (C=O) groups is 2. The van der Waals surface area contributed by atoms with Gasteiger partial charge in [0.1, 0.15) is 5.69 Å². The number of esters is 1. The van der Waals surface area contributed by atoms with Crippen LogP contribution in [0, 0.1) is 5.92 Å². The van der Waals surface area contributed by atoms with Gasteiger partial charge in [-0.15, -0.1) is 0 Å². The molecule has 2 unspecified atom stereocenters. The average molecular weight is 336 g/mol. The molecule has 2 aromatic rings. The Kier molecular flexibility index (Phi) is 4.28. The van der Waals surface area contributed by atoms with E-state index in [0.29, 0.717) is 23.6 Å². The normalized spacial score (nSPS) is 23.9. The fraction of sp³-hybridized carbons (Fsp3) is 0.375. The third-order valence-corrected chi connectivity index (χ3v) is 4.53. The van der Waals surface area contributed by atoms with Gasteiger partial charge in [-0.05, 0) is 37.1 Å². The third-order valence-electron chi connectivity index (χ3n) is 4.29. The highest BCUT2D eigenvalue weighted by Gasteiger charge is 2.37. The monoisotopic (exact) mass is 335 g/mol. The Morgan fingerprint density at radius 3 is 2.87 bits per heavy atom. The molecule has 0 radical (unpaired) electrons. The van der Waals surface area contributed by atoms with Gasteiger partial charge in [0, 0.05) is 28.0 Å². The van der Waals surface area contributed by atoms with E-state index in [9.17, 15) is 9.59 Å². The predicted molar refractivity (Wildman–Crippen MR) is 87.3 cm³/mol. The number of methoxy groups -OCH3 is 1. The topological polar surface area (TPSA) is 97.2 Å². The summed E-state index contributed by atoms with van der Waals surface area (Å²) in [6.07, 6.45) is 1.01. The maximum Gasteiger partial charge on any atom is 0.308 e. The van der Waals surface area contributed by atoms with Gasteiger partial charge in [-0.2, -0.15) is 0 Å². The number of hydrogen-bond acceptors (Lipinski definition) is 4. The molecule has 1 fully saturated rings. The van der Waals surface area contributed by atoms with Gasteiger partial charge < -0.3 is 20.8 Å². The number of nitrogens with one attached hydrogen (secondary N) is 2. The van der Waals surface area contributed by atoms with E-state index in [0.717, 1.165) is 10.9 Å². The summed E-state index contributed by atoms with van der Waals surface area (Å²) >= 11 is 5.95. The zero-order valence-corrected chi connectivity index (χ0v) is 13.4. The number of halogens is 1. The number of hydrogen-bond donors (Lipinski definition) is 3. The minimum atomic E-state index is -0.280. The number of aromatic amines is 1. The van der Waals surface area contributed by atoms with Crippen LogP contribution in [0.4, 0.5) is 0 Å². The van der Waals surface area contributed by atoms with Gasteiger partial charge in [-0.3, -0.25) is 9.59 Å². The second kappa shape index (κ2) is 6.22. The van der Waals surface area contributed by atoms with Crippen LogP contribution in [-0.2, 0) is 9.53 Å². The molecule has 0 aliphatic heterocycles. The van der Waals surface area contributed by atoms with Gasteiger partial charge in [-0.25, -0.2) is 0 Å². The lowest BCUT2D eigenvalue weighted by atomic mass is 10.1. The Morgan fingerprint density at radius 2 is 2.13 bits per heavy atom. The number of rotatable bonds is 3. The zero-order valence-electron chi connectivity index (χ0n) is 12.6. The maximum atomic E-state index is 12.4. The molecular weight excluding hydrogens is 318 g/mol. The fourth-order valence-corrected chi connectivity index (χ4v) is 3.25. The quantitative estimate of drug-likeness (QED) is 0.745. The molecule has 0 saturated heterocycles. The summed E-state index contributed by atoms with van der Waals surface area (Å²) in [6.45, 7) is 0. The molecule has 1 aliphatic carbocycles.